The summed E-state index contributed by atoms with van der Waals surface area (Å²) in [7, 11) is 0. The molecule has 1 aromatic rings. The van der Waals surface area contributed by atoms with Crippen LogP contribution in [-0.4, -0.2) is 16.3 Å². The molecule has 0 aliphatic rings. The zero-order valence-electron chi connectivity index (χ0n) is 8.04. The summed E-state index contributed by atoms with van der Waals surface area (Å²) in [5.74, 6) is -0.703. The van der Waals surface area contributed by atoms with Gasteiger partial charge in [0.05, 0.1) is 11.1 Å². The van der Waals surface area contributed by atoms with E-state index in [0.717, 1.165) is 0 Å². The van der Waals surface area contributed by atoms with Gasteiger partial charge in [-0.2, -0.15) is 0 Å². The van der Waals surface area contributed by atoms with Crippen molar-refractivity contribution in [2.75, 3.05) is 0 Å². The molecule has 0 aliphatic carbocycles. The fourth-order valence-electron chi connectivity index (χ4n) is 1.20. The van der Waals surface area contributed by atoms with Gasteiger partial charge >= 0.3 is 0 Å². The third-order valence-corrected chi connectivity index (χ3v) is 3.43. The first-order valence-electron chi connectivity index (χ1n) is 4.48. The Morgan fingerprint density at radius 1 is 1.47 bits per heavy atom. The lowest BCUT2D eigenvalue weighted by Crippen LogP contribution is -2.18. The highest BCUT2D eigenvalue weighted by Crippen LogP contribution is 2.31. The largest absolute Gasteiger partial charge is 0.390 e. The molecule has 0 fully saturated rings. The lowest BCUT2D eigenvalue weighted by Gasteiger charge is -2.17. The Kier molecular flexibility index (Phi) is 4.52. The van der Waals surface area contributed by atoms with Gasteiger partial charge in [0.2, 0.25) is 0 Å². The Balaban J connectivity index is 3.10. The lowest BCUT2D eigenvalue weighted by molar-refractivity contribution is 0.0144. The fourth-order valence-corrected chi connectivity index (χ4v) is 1.68. The molecule has 2 nitrogen and oxygen atoms in total. The van der Waals surface area contributed by atoms with Crippen LogP contribution >= 0.6 is 27.5 Å². The lowest BCUT2D eigenvalue weighted by atomic mass is 10.0. The molecule has 1 aromatic carbocycles. The van der Waals surface area contributed by atoms with E-state index in [4.69, 9.17) is 11.6 Å². The van der Waals surface area contributed by atoms with Gasteiger partial charge in [-0.1, -0.05) is 24.6 Å². The third-order valence-electron chi connectivity index (χ3n) is 2.17. The number of hydrogen-bond donors (Lipinski definition) is 2. The molecule has 0 amide bonds. The van der Waals surface area contributed by atoms with E-state index in [1.165, 1.54) is 12.1 Å². The van der Waals surface area contributed by atoms with Gasteiger partial charge < -0.3 is 10.2 Å². The maximum Gasteiger partial charge on any atom is 0.148 e. The van der Waals surface area contributed by atoms with Crippen LogP contribution in [0.25, 0.3) is 0 Å². The van der Waals surface area contributed by atoms with Crippen LogP contribution in [-0.2, 0) is 0 Å². The van der Waals surface area contributed by atoms with Crippen LogP contribution in [0.1, 0.15) is 25.0 Å². The molecule has 2 unspecified atom stereocenters. The van der Waals surface area contributed by atoms with E-state index in [1.807, 2.05) is 0 Å². The Morgan fingerprint density at radius 2 is 2.07 bits per heavy atom. The van der Waals surface area contributed by atoms with Gasteiger partial charge in [-0.25, -0.2) is 4.39 Å². The topological polar surface area (TPSA) is 40.5 Å². The Morgan fingerprint density at radius 3 is 2.60 bits per heavy atom. The maximum absolute atomic E-state index is 13.6. The molecule has 0 radical (unpaired) electrons. The molecule has 1 rings (SSSR count). The van der Waals surface area contributed by atoms with Crippen molar-refractivity contribution in [2.45, 2.75) is 25.6 Å². The second kappa shape index (κ2) is 5.25. The highest BCUT2D eigenvalue weighted by molar-refractivity contribution is 9.10. The normalized spacial score (nSPS) is 15.1. The van der Waals surface area contributed by atoms with Crippen LogP contribution in [0.15, 0.2) is 16.6 Å². The molecule has 15 heavy (non-hydrogen) atoms. The molecule has 0 bridgehead atoms. The first-order chi connectivity index (χ1) is 6.99. The summed E-state index contributed by atoms with van der Waals surface area (Å²) in [5, 5.41) is 18.9. The summed E-state index contributed by atoms with van der Waals surface area (Å²) in [6.45, 7) is 1.70. The third kappa shape index (κ3) is 2.69. The standard InChI is InChI=1S/C10H11BrClFO2/c1-2-7(14)10(15)5-3-4-6(11)8(12)9(5)13/h3-4,7,10,14-15H,2H2,1H3. The zero-order chi connectivity index (χ0) is 11.6. The smallest absolute Gasteiger partial charge is 0.148 e. The molecule has 0 spiro atoms. The predicted molar refractivity (Wildman–Crippen MR) is 60.4 cm³/mol. The Bertz CT molecular complexity index is 360. The van der Waals surface area contributed by atoms with Gasteiger partial charge in [0, 0.05) is 10.0 Å². The minimum Gasteiger partial charge on any atom is -0.390 e. The molecule has 2 N–H and O–H groups in total. The van der Waals surface area contributed by atoms with E-state index in [0.29, 0.717) is 10.9 Å². The monoisotopic (exact) mass is 296 g/mol. The highest BCUT2D eigenvalue weighted by atomic mass is 79.9. The minimum absolute atomic E-state index is 0.0116. The van der Waals surface area contributed by atoms with Crippen LogP contribution in [0, 0.1) is 5.82 Å². The highest BCUT2D eigenvalue weighted by Gasteiger charge is 2.22. The van der Waals surface area contributed by atoms with Crippen LogP contribution in [0.2, 0.25) is 5.02 Å². The SMILES string of the molecule is CCC(O)C(O)c1ccc(Br)c(Cl)c1F. The average Bonchev–Trinajstić information content (AvgIpc) is 2.24. The Hall–Kier alpha value is -0.160. The molecule has 0 saturated carbocycles. The van der Waals surface area contributed by atoms with Crippen molar-refractivity contribution in [3.8, 4) is 0 Å². The number of hydrogen-bond acceptors (Lipinski definition) is 2. The quantitative estimate of drug-likeness (QED) is 0.842. The van der Waals surface area contributed by atoms with Crippen LogP contribution in [0.5, 0.6) is 0 Å². The summed E-state index contributed by atoms with van der Waals surface area (Å²) >= 11 is 8.73. The predicted octanol–water partition coefficient (Wildman–Crippen LogP) is 3.05. The summed E-state index contributed by atoms with van der Waals surface area (Å²) in [6, 6.07) is 2.93. The number of aliphatic hydroxyl groups is 2. The average molecular weight is 298 g/mol. The molecule has 0 aliphatic heterocycles. The molecular formula is C10H11BrClFO2. The summed E-state index contributed by atoms with van der Waals surface area (Å²) in [6.07, 6.45) is -1.90. The van der Waals surface area contributed by atoms with Gasteiger partial charge in [-0.15, -0.1) is 0 Å². The van der Waals surface area contributed by atoms with Crippen LogP contribution in [0.4, 0.5) is 4.39 Å². The van der Waals surface area contributed by atoms with E-state index in [2.05, 4.69) is 15.9 Å². The van der Waals surface area contributed by atoms with E-state index < -0.39 is 18.0 Å². The molecule has 0 saturated heterocycles. The van der Waals surface area contributed by atoms with Crippen molar-refractivity contribution < 1.29 is 14.6 Å². The molecule has 5 heteroatoms. The molecule has 0 heterocycles. The van der Waals surface area contributed by atoms with Crippen molar-refractivity contribution in [1.29, 1.82) is 0 Å². The van der Waals surface area contributed by atoms with Gasteiger partial charge in [0.1, 0.15) is 11.9 Å². The fraction of sp³-hybridized carbons (Fsp3) is 0.400. The molecule has 2 atom stereocenters. The van der Waals surface area contributed by atoms with Crippen molar-refractivity contribution >= 4 is 27.5 Å². The van der Waals surface area contributed by atoms with E-state index in [-0.39, 0.29) is 10.6 Å². The minimum atomic E-state index is -1.25. The van der Waals surface area contributed by atoms with Gasteiger partial charge in [0.15, 0.2) is 0 Å². The van der Waals surface area contributed by atoms with E-state index in [1.54, 1.807) is 6.92 Å². The van der Waals surface area contributed by atoms with Gasteiger partial charge in [0.25, 0.3) is 0 Å². The zero-order valence-corrected chi connectivity index (χ0v) is 10.4. The molecule has 0 aromatic heterocycles. The molecular weight excluding hydrogens is 286 g/mol. The van der Waals surface area contributed by atoms with E-state index >= 15 is 0 Å². The van der Waals surface area contributed by atoms with Crippen molar-refractivity contribution in [1.82, 2.24) is 0 Å². The van der Waals surface area contributed by atoms with E-state index in [9.17, 15) is 14.6 Å². The number of benzene rings is 1. The first kappa shape index (κ1) is 12.9. The van der Waals surface area contributed by atoms with Crippen molar-refractivity contribution in [3.63, 3.8) is 0 Å². The molecule has 84 valence electrons. The summed E-state index contributed by atoms with van der Waals surface area (Å²) in [4.78, 5) is 0. The maximum atomic E-state index is 13.6. The summed E-state index contributed by atoms with van der Waals surface area (Å²) in [5.41, 5.74) is 0.0116. The second-order valence-corrected chi connectivity index (χ2v) is 4.42. The number of aliphatic hydroxyl groups excluding tert-OH is 2. The number of rotatable bonds is 3. The van der Waals surface area contributed by atoms with Gasteiger partial charge in [-0.3, -0.25) is 0 Å². The summed E-state index contributed by atoms with van der Waals surface area (Å²) < 4.78 is 14.0. The van der Waals surface area contributed by atoms with Gasteiger partial charge in [-0.05, 0) is 28.4 Å². The second-order valence-electron chi connectivity index (χ2n) is 3.19. The van der Waals surface area contributed by atoms with Crippen LogP contribution < -0.4 is 0 Å². The first-order valence-corrected chi connectivity index (χ1v) is 5.65. The van der Waals surface area contributed by atoms with Crippen LogP contribution in [0.3, 0.4) is 0 Å². The number of halogens is 3. The Labute approximate surface area is 101 Å². The van der Waals surface area contributed by atoms with Crippen molar-refractivity contribution in [2.24, 2.45) is 0 Å². The van der Waals surface area contributed by atoms with Crippen molar-refractivity contribution in [3.05, 3.63) is 33.0 Å².